The topological polar surface area (TPSA) is 59.4 Å². The van der Waals surface area contributed by atoms with E-state index in [9.17, 15) is 9.18 Å². The van der Waals surface area contributed by atoms with E-state index in [-0.39, 0.29) is 11.5 Å². The lowest BCUT2D eigenvalue weighted by atomic mass is 10.2. The number of ether oxygens (including phenoxy) is 1. The maximum absolute atomic E-state index is 13.4. The second-order valence-electron chi connectivity index (χ2n) is 6.51. The van der Waals surface area contributed by atoms with E-state index >= 15 is 0 Å². The van der Waals surface area contributed by atoms with Gasteiger partial charge in [0.05, 0.1) is 37.2 Å². The molecule has 7 heteroatoms. The van der Waals surface area contributed by atoms with Gasteiger partial charge in [-0.25, -0.2) is 4.39 Å². The third-order valence-electron chi connectivity index (χ3n) is 4.59. The standard InChI is InChI=1S/C19H25FN4O2/c1-3-4-7-23-8-9-24-16(13-23)11-15(22-24)12-21-19(25)17-10-14(20)5-6-18(17)26-2/h5-6,10-11H,3-4,7-9,12-13H2,1-2H3,(H,21,25). The summed E-state index contributed by atoms with van der Waals surface area (Å²) in [4.78, 5) is 14.8. The average Bonchev–Trinajstić information content (AvgIpc) is 3.06. The summed E-state index contributed by atoms with van der Waals surface area (Å²) < 4.78 is 20.6. The van der Waals surface area contributed by atoms with Gasteiger partial charge in [-0.05, 0) is 37.2 Å². The molecular weight excluding hydrogens is 335 g/mol. The quantitative estimate of drug-likeness (QED) is 0.824. The van der Waals surface area contributed by atoms with Crippen LogP contribution in [0.15, 0.2) is 24.3 Å². The minimum Gasteiger partial charge on any atom is -0.496 e. The molecule has 0 fully saturated rings. The van der Waals surface area contributed by atoms with Crippen LogP contribution >= 0.6 is 0 Å². The number of fused-ring (bicyclic) bond motifs is 1. The van der Waals surface area contributed by atoms with Gasteiger partial charge in [0.2, 0.25) is 0 Å². The summed E-state index contributed by atoms with van der Waals surface area (Å²) >= 11 is 0. The molecule has 0 saturated heterocycles. The van der Waals surface area contributed by atoms with Crippen molar-refractivity contribution >= 4 is 5.91 Å². The van der Waals surface area contributed by atoms with E-state index in [4.69, 9.17) is 4.74 Å². The predicted octanol–water partition coefficient (Wildman–Crippen LogP) is 2.58. The minimum atomic E-state index is -0.472. The van der Waals surface area contributed by atoms with Gasteiger partial charge in [0.15, 0.2) is 0 Å². The molecule has 1 aliphatic rings. The number of hydrogen-bond acceptors (Lipinski definition) is 4. The van der Waals surface area contributed by atoms with Gasteiger partial charge in [-0.3, -0.25) is 14.4 Å². The lowest BCUT2D eigenvalue weighted by Gasteiger charge is -2.27. The maximum Gasteiger partial charge on any atom is 0.255 e. The van der Waals surface area contributed by atoms with Crippen molar-refractivity contribution in [2.45, 2.75) is 39.4 Å². The molecule has 1 aliphatic heterocycles. The highest BCUT2D eigenvalue weighted by atomic mass is 19.1. The highest BCUT2D eigenvalue weighted by Crippen LogP contribution is 2.19. The number of amides is 1. The van der Waals surface area contributed by atoms with E-state index < -0.39 is 5.82 Å². The van der Waals surface area contributed by atoms with E-state index in [1.165, 1.54) is 43.8 Å². The van der Waals surface area contributed by atoms with Crippen LogP contribution in [0.25, 0.3) is 0 Å². The Morgan fingerprint density at radius 3 is 2.96 bits per heavy atom. The van der Waals surface area contributed by atoms with Crippen molar-refractivity contribution in [3.05, 3.63) is 47.0 Å². The summed E-state index contributed by atoms with van der Waals surface area (Å²) in [6.07, 6.45) is 2.39. The van der Waals surface area contributed by atoms with Crippen molar-refractivity contribution in [2.24, 2.45) is 0 Å². The molecule has 2 heterocycles. The first-order valence-electron chi connectivity index (χ1n) is 9.00. The smallest absolute Gasteiger partial charge is 0.255 e. The molecule has 1 N–H and O–H groups in total. The van der Waals surface area contributed by atoms with Gasteiger partial charge in [0.1, 0.15) is 11.6 Å². The summed E-state index contributed by atoms with van der Waals surface area (Å²) in [5.41, 5.74) is 2.16. The molecule has 0 radical (unpaired) electrons. The zero-order valence-corrected chi connectivity index (χ0v) is 15.3. The van der Waals surface area contributed by atoms with E-state index in [2.05, 4.69) is 22.2 Å². The molecule has 6 nitrogen and oxygen atoms in total. The van der Waals surface area contributed by atoms with Crippen LogP contribution < -0.4 is 10.1 Å². The average molecular weight is 360 g/mol. The Bertz CT molecular complexity index is 775. The molecule has 0 aliphatic carbocycles. The van der Waals surface area contributed by atoms with Crippen molar-refractivity contribution in [3.8, 4) is 5.75 Å². The summed E-state index contributed by atoms with van der Waals surface area (Å²) in [6, 6.07) is 5.92. The Kier molecular flexibility index (Phi) is 5.88. The van der Waals surface area contributed by atoms with Crippen LogP contribution in [-0.4, -0.2) is 40.8 Å². The third kappa shape index (κ3) is 4.22. The minimum absolute atomic E-state index is 0.183. The number of carbonyl (C=O) groups is 1. The first-order chi connectivity index (χ1) is 12.6. The SMILES string of the molecule is CCCCN1CCn2nc(CNC(=O)c3cc(F)ccc3OC)cc2C1. The summed E-state index contributed by atoms with van der Waals surface area (Å²) in [5.74, 6) is -0.503. The van der Waals surface area contributed by atoms with E-state index in [0.29, 0.717) is 12.3 Å². The van der Waals surface area contributed by atoms with Gasteiger partial charge in [0.25, 0.3) is 5.91 Å². The molecule has 1 aromatic heterocycles. The summed E-state index contributed by atoms with van der Waals surface area (Å²) in [7, 11) is 1.46. The molecule has 0 spiro atoms. The molecular formula is C19H25FN4O2. The van der Waals surface area contributed by atoms with E-state index in [1.807, 2.05) is 10.7 Å². The lowest BCUT2D eigenvalue weighted by molar-refractivity contribution is 0.0946. The van der Waals surface area contributed by atoms with Crippen LogP contribution in [0.3, 0.4) is 0 Å². The van der Waals surface area contributed by atoms with Crippen molar-refractivity contribution in [1.29, 1.82) is 0 Å². The number of nitrogens with zero attached hydrogens (tertiary/aromatic N) is 3. The normalized spacial score (nSPS) is 14.1. The number of unbranched alkanes of at least 4 members (excludes halogenated alkanes) is 1. The number of benzene rings is 1. The zero-order valence-electron chi connectivity index (χ0n) is 15.3. The largest absolute Gasteiger partial charge is 0.496 e. The third-order valence-corrected chi connectivity index (χ3v) is 4.59. The zero-order chi connectivity index (χ0) is 18.5. The number of nitrogens with one attached hydrogen (secondary N) is 1. The molecule has 3 rings (SSSR count). The van der Waals surface area contributed by atoms with Crippen LogP contribution in [-0.2, 0) is 19.6 Å². The molecule has 2 aromatic rings. The van der Waals surface area contributed by atoms with Crippen molar-refractivity contribution in [2.75, 3.05) is 20.2 Å². The molecule has 0 atom stereocenters. The number of rotatable bonds is 7. The van der Waals surface area contributed by atoms with Crippen LogP contribution in [0.4, 0.5) is 4.39 Å². The predicted molar refractivity (Wildman–Crippen MR) is 96.5 cm³/mol. The molecule has 1 amide bonds. The first-order valence-corrected chi connectivity index (χ1v) is 9.00. The molecule has 0 saturated carbocycles. The summed E-state index contributed by atoms with van der Waals surface area (Å²) in [6.45, 7) is 6.35. The van der Waals surface area contributed by atoms with Crippen molar-refractivity contribution in [3.63, 3.8) is 0 Å². The lowest BCUT2D eigenvalue weighted by Crippen LogP contribution is -2.34. The molecule has 26 heavy (non-hydrogen) atoms. The van der Waals surface area contributed by atoms with Crippen molar-refractivity contribution in [1.82, 2.24) is 20.0 Å². The van der Waals surface area contributed by atoms with Gasteiger partial charge in [-0.15, -0.1) is 0 Å². The summed E-state index contributed by atoms with van der Waals surface area (Å²) in [5, 5.41) is 7.36. The maximum atomic E-state index is 13.4. The van der Waals surface area contributed by atoms with E-state index in [1.54, 1.807) is 0 Å². The molecule has 0 unspecified atom stereocenters. The number of hydrogen-bond donors (Lipinski definition) is 1. The number of aromatic nitrogens is 2. The van der Waals surface area contributed by atoms with Crippen LogP contribution in [0.5, 0.6) is 5.75 Å². The Hall–Kier alpha value is -2.41. The van der Waals surface area contributed by atoms with Gasteiger partial charge < -0.3 is 10.1 Å². The van der Waals surface area contributed by atoms with E-state index in [0.717, 1.165) is 31.9 Å². The first kappa shape index (κ1) is 18.4. The number of halogens is 1. The molecule has 1 aromatic carbocycles. The number of carbonyl (C=O) groups excluding carboxylic acids is 1. The highest BCUT2D eigenvalue weighted by molar-refractivity contribution is 5.96. The number of methoxy groups -OCH3 is 1. The Morgan fingerprint density at radius 2 is 2.19 bits per heavy atom. The van der Waals surface area contributed by atoms with Gasteiger partial charge in [-0.1, -0.05) is 13.3 Å². The van der Waals surface area contributed by atoms with Crippen molar-refractivity contribution < 1.29 is 13.9 Å². The Labute approximate surface area is 152 Å². The Morgan fingerprint density at radius 1 is 1.35 bits per heavy atom. The molecule has 0 bridgehead atoms. The monoisotopic (exact) mass is 360 g/mol. The van der Waals surface area contributed by atoms with Crippen LogP contribution in [0.2, 0.25) is 0 Å². The Balaban J connectivity index is 1.62. The fraction of sp³-hybridized carbons (Fsp3) is 0.474. The van der Waals surface area contributed by atoms with Crippen LogP contribution in [0.1, 0.15) is 41.5 Å². The second kappa shape index (κ2) is 8.31. The fourth-order valence-electron chi connectivity index (χ4n) is 3.16. The van der Waals surface area contributed by atoms with Crippen LogP contribution in [0, 0.1) is 5.82 Å². The van der Waals surface area contributed by atoms with Gasteiger partial charge in [0, 0.05) is 13.1 Å². The fourth-order valence-corrected chi connectivity index (χ4v) is 3.16. The highest BCUT2D eigenvalue weighted by Gasteiger charge is 2.19. The van der Waals surface area contributed by atoms with Gasteiger partial charge in [-0.2, -0.15) is 5.10 Å². The second-order valence-corrected chi connectivity index (χ2v) is 6.51. The molecule has 140 valence electrons. The van der Waals surface area contributed by atoms with Gasteiger partial charge >= 0.3 is 0 Å².